The third-order valence-corrected chi connectivity index (χ3v) is 5.77. The van der Waals surface area contributed by atoms with Crippen LogP contribution in [0.5, 0.6) is 0 Å². The first kappa shape index (κ1) is 17.3. The smallest absolute Gasteiger partial charge is 0.291 e. The molecule has 2 N–H and O–H groups in total. The van der Waals surface area contributed by atoms with Crippen LogP contribution in [0.25, 0.3) is 15.9 Å². The maximum atomic E-state index is 12.4. The number of fused-ring (bicyclic) bond motifs is 5. The van der Waals surface area contributed by atoms with Gasteiger partial charge < -0.3 is 15.2 Å². The van der Waals surface area contributed by atoms with Crippen LogP contribution < -0.4 is 5.32 Å². The Morgan fingerprint density at radius 2 is 2.35 bits per heavy atom. The predicted molar refractivity (Wildman–Crippen MR) is 97.4 cm³/mol. The van der Waals surface area contributed by atoms with Gasteiger partial charge in [-0.25, -0.2) is 14.5 Å². The summed E-state index contributed by atoms with van der Waals surface area (Å²) in [7, 11) is 0. The van der Waals surface area contributed by atoms with Crippen LogP contribution in [0.4, 0.5) is 0 Å². The lowest BCUT2D eigenvalue weighted by Gasteiger charge is -2.30. The number of aromatic nitrogens is 4. The number of carbonyl (C=O) groups is 1. The van der Waals surface area contributed by atoms with E-state index in [1.54, 1.807) is 22.2 Å². The number of thiophene rings is 1. The van der Waals surface area contributed by atoms with Gasteiger partial charge in [0.2, 0.25) is 5.82 Å². The Labute approximate surface area is 154 Å². The number of hydrogen-bond donors (Lipinski definition) is 2. The second-order valence-electron chi connectivity index (χ2n) is 7.12. The quantitative estimate of drug-likeness (QED) is 0.720. The SMILES string of the molecule is CC[C@H](CO)NC(=O)c1nc2c3c4c(sc3ncn2n1)COC(C)(C)C4. The van der Waals surface area contributed by atoms with E-state index < -0.39 is 5.91 Å². The summed E-state index contributed by atoms with van der Waals surface area (Å²) in [6.45, 7) is 6.47. The summed E-state index contributed by atoms with van der Waals surface area (Å²) in [6.07, 6.45) is 2.98. The lowest BCUT2D eigenvalue weighted by molar-refractivity contribution is -0.0379. The zero-order valence-electron chi connectivity index (χ0n) is 14.9. The molecule has 1 aliphatic rings. The topological polar surface area (TPSA) is 102 Å². The van der Waals surface area contributed by atoms with Crippen LogP contribution in [-0.2, 0) is 17.8 Å². The van der Waals surface area contributed by atoms with Crippen molar-refractivity contribution in [1.82, 2.24) is 24.9 Å². The summed E-state index contributed by atoms with van der Waals surface area (Å²) < 4.78 is 7.45. The largest absolute Gasteiger partial charge is 0.394 e. The highest BCUT2D eigenvalue weighted by Crippen LogP contribution is 2.39. The maximum absolute atomic E-state index is 12.4. The van der Waals surface area contributed by atoms with Gasteiger partial charge in [0.25, 0.3) is 5.91 Å². The number of amides is 1. The van der Waals surface area contributed by atoms with Gasteiger partial charge in [-0.15, -0.1) is 16.4 Å². The van der Waals surface area contributed by atoms with E-state index in [0.717, 1.165) is 21.5 Å². The summed E-state index contributed by atoms with van der Waals surface area (Å²) in [5.74, 6) is -0.312. The zero-order chi connectivity index (χ0) is 18.5. The summed E-state index contributed by atoms with van der Waals surface area (Å²) >= 11 is 1.60. The first-order valence-corrected chi connectivity index (χ1v) is 9.45. The summed E-state index contributed by atoms with van der Waals surface area (Å²) in [4.78, 5) is 23.4. The minimum atomic E-state index is -0.393. The van der Waals surface area contributed by atoms with Gasteiger partial charge in [-0.1, -0.05) is 6.92 Å². The van der Waals surface area contributed by atoms with Crippen molar-refractivity contribution in [1.29, 1.82) is 0 Å². The van der Waals surface area contributed by atoms with Crippen LogP contribution in [0, 0.1) is 0 Å². The molecule has 1 aliphatic heterocycles. The van der Waals surface area contributed by atoms with Gasteiger partial charge in [-0.05, 0) is 25.8 Å². The van der Waals surface area contributed by atoms with E-state index in [9.17, 15) is 9.90 Å². The minimum absolute atomic E-state index is 0.0810. The van der Waals surface area contributed by atoms with Crippen LogP contribution in [-0.4, -0.2) is 48.8 Å². The molecule has 138 valence electrons. The molecule has 9 heteroatoms. The van der Waals surface area contributed by atoms with Crippen LogP contribution >= 0.6 is 11.3 Å². The van der Waals surface area contributed by atoms with E-state index in [1.165, 1.54) is 5.56 Å². The van der Waals surface area contributed by atoms with Gasteiger partial charge >= 0.3 is 0 Å². The van der Waals surface area contributed by atoms with Gasteiger partial charge in [-0.2, -0.15) is 0 Å². The number of hydrogen-bond acceptors (Lipinski definition) is 7. The Hall–Kier alpha value is -2.10. The molecule has 0 saturated heterocycles. The first-order valence-electron chi connectivity index (χ1n) is 8.63. The van der Waals surface area contributed by atoms with Crippen molar-refractivity contribution in [3.8, 4) is 0 Å². The molecular weight excluding hydrogens is 354 g/mol. The standard InChI is InChI=1S/C17H21N5O3S/c1-4-9(6-23)19-15(24)13-20-14-12-10-5-17(2,3)25-7-11(10)26-16(12)18-8-22(14)21-13/h8-9,23H,4-7H2,1-3H3,(H,19,24)/t9-/m1/s1. The lowest BCUT2D eigenvalue weighted by atomic mass is 9.94. The monoisotopic (exact) mass is 375 g/mol. The Bertz CT molecular complexity index is 989. The van der Waals surface area contributed by atoms with Gasteiger partial charge in [0.05, 0.1) is 30.2 Å². The molecule has 0 fully saturated rings. The summed E-state index contributed by atoms with van der Waals surface area (Å²) in [6, 6.07) is -0.306. The van der Waals surface area contributed by atoms with E-state index >= 15 is 0 Å². The molecule has 0 spiro atoms. The molecule has 0 aromatic carbocycles. The second kappa shape index (κ2) is 6.26. The number of aliphatic hydroxyl groups excluding tert-OH is 1. The highest BCUT2D eigenvalue weighted by Gasteiger charge is 2.31. The Morgan fingerprint density at radius 3 is 3.08 bits per heavy atom. The van der Waals surface area contributed by atoms with Gasteiger partial charge in [0, 0.05) is 11.3 Å². The average Bonchev–Trinajstić information content (AvgIpc) is 3.19. The van der Waals surface area contributed by atoms with Crippen molar-refractivity contribution in [2.45, 2.75) is 51.9 Å². The van der Waals surface area contributed by atoms with Gasteiger partial charge in [0.1, 0.15) is 11.2 Å². The van der Waals surface area contributed by atoms with Crippen LogP contribution in [0.15, 0.2) is 6.33 Å². The molecule has 0 radical (unpaired) electrons. The van der Waals surface area contributed by atoms with Crippen molar-refractivity contribution < 1.29 is 14.6 Å². The fraction of sp³-hybridized carbons (Fsp3) is 0.529. The normalized spacial score (nSPS) is 17.4. The molecule has 0 saturated carbocycles. The van der Waals surface area contributed by atoms with Crippen LogP contribution in [0.3, 0.4) is 0 Å². The van der Waals surface area contributed by atoms with Gasteiger partial charge in [-0.3, -0.25) is 4.79 Å². The molecule has 0 aliphatic carbocycles. The van der Waals surface area contributed by atoms with E-state index in [-0.39, 0.29) is 24.1 Å². The number of nitrogens with one attached hydrogen (secondary N) is 1. The van der Waals surface area contributed by atoms with Gasteiger partial charge in [0.15, 0.2) is 5.65 Å². The molecule has 3 aromatic rings. The van der Waals surface area contributed by atoms with E-state index in [4.69, 9.17) is 4.74 Å². The molecule has 3 aromatic heterocycles. The number of nitrogens with zero attached hydrogens (tertiary/aromatic N) is 4. The molecule has 1 amide bonds. The predicted octanol–water partition coefficient (Wildman–Crippen LogP) is 1.69. The molecule has 4 rings (SSSR count). The van der Waals surface area contributed by atoms with Crippen molar-refractivity contribution in [2.75, 3.05) is 6.61 Å². The molecule has 0 bridgehead atoms. The Morgan fingerprint density at radius 1 is 1.54 bits per heavy atom. The van der Waals surface area contributed by atoms with Crippen LogP contribution in [0.2, 0.25) is 0 Å². The van der Waals surface area contributed by atoms with E-state index in [0.29, 0.717) is 18.7 Å². The zero-order valence-corrected chi connectivity index (χ0v) is 15.8. The Balaban J connectivity index is 1.80. The summed E-state index contributed by atoms with van der Waals surface area (Å²) in [5, 5.41) is 17.2. The summed E-state index contributed by atoms with van der Waals surface area (Å²) in [5.41, 5.74) is 1.57. The van der Waals surface area contributed by atoms with E-state index in [1.807, 2.05) is 6.92 Å². The van der Waals surface area contributed by atoms with Crippen molar-refractivity contribution >= 4 is 33.1 Å². The highest BCUT2D eigenvalue weighted by molar-refractivity contribution is 7.19. The highest BCUT2D eigenvalue weighted by atomic mass is 32.1. The molecule has 0 unspecified atom stereocenters. The molecule has 8 nitrogen and oxygen atoms in total. The maximum Gasteiger partial charge on any atom is 0.291 e. The Kier molecular flexibility index (Phi) is 4.17. The fourth-order valence-corrected chi connectivity index (χ4v) is 4.23. The average molecular weight is 375 g/mol. The number of ether oxygens (including phenoxy) is 1. The van der Waals surface area contributed by atoms with Crippen molar-refractivity contribution in [2.24, 2.45) is 0 Å². The lowest BCUT2D eigenvalue weighted by Crippen LogP contribution is -2.37. The number of aliphatic hydroxyl groups is 1. The van der Waals surface area contributed by atoms with Crippen LogP contribution in [0.1, 0.15) is 48.3 Å². The van der Waals surface area contributed by atoms with E-state index in [2.05, 4.69) is 34.2 Å². The molecular formula is C17H21N5O3S. The number of rotatable bonds is 4. The molecule has 1 atom stereocenters. The second-order valence-corrected chi connectivity index (χ2v) is 8.20. The third kappa shape index (κ3) is 2.85. The molecule has 4 heterocycles. The first-order chi connectivity index (χ1) is 12.4. The minimum Gasteiger partial charge on any atom is -0.394 e. The fourth-order valence-electron chi connectivity index (χ4n) is 3.16. The third-order valence-electron chi connectivity index (χ3n) is 4.66. The van der Waals surface area contributed by atoms with Crippen molar-refractivity contribution in [3.05, 3.63) is 22.6 Å². The molecule has 26 heavy (non-hydrogen) atoms. The number of carbonyl (C=O) groups excluding carboxylic acids is 1. The van der Waals surface area contributed by atoms with Crippen molar-refractivity contribution in [3.63, 3.8) is 0 Å².